The van der Waals surface area contributed by atoms with Crippen LogP contribution in [0, 0.1) is 0 Å². The van der Waals surface area contributed by atoms with Crippen LogP contribution in [0.4, 0.5) is 5.95 Å². The van der Waals surface area contributed by atoms with Crippen molar-refractivity contribution in [3.63, 3.8) is 0 Å². The van der Waals surface area contributed by atoms with E-state index in [-0.39, 0.29) is 18.4 Å². The lowest BCUT2D eigenvalue weighted by molar-refractivity contribution is -0.122. The highest BCUT2D eigenvalue weighted by molar-refractivity contribution is 5.75. The average molecular weight is 288 g/mol. The number of hydrogen-bond acceptors (Lipinski definition) is 6. The van der Waals surface area contributed by atoms with Crippen LogP contribution in [0.15, 0.2) is 18.2 Å². The maximum Gasteiger partial charge on any atom is 0.242 e. The number of rotatable bonds is 4. The highest BCUT2D eigenvalue weighted by Crippen LogP contribution is 2.25. The second-order valence-corrected chi connectivity index (χ2v) is 4.87. The predicted molar refractivity (Wildman–Crippen MR) is 74.3 cm³/mol. The van der Waals surface area contributed by atoms with Crippen molar-refractivity contribution in [3.8, 4) is 5.75 Å². The second-order valence-electron chi connectivity index (χ2n) is 4.87. The van der Waals surface area contributed by atoms with Crippen molar-refractivity contribution in [2.75, 3.05) is 12.3 Å². The third-order valence-electron chi connectivity index (χ3n) is 3.32. The quantitative estimate of drug-likeness (QED) is 0.813. The van der Waals surface area contributed by atoms with E-state index in [2.05, 4.69) is 26.9 Å². The monoisotopic (exact) mass is 288 g/mol. The second kappa shape index (κ2) is 5.78. The molecule has 1 aliphatic heterocycles. The van der Waals surface area contributed by atoms with Crippen LogP contribution in [0.1, 0.15) is 17.5 Å². The van der Waals surface area contributed by atoms with Crippen LogP contribution in [0.3, 0.4) is 0 Å². The van der Waals surface area contributed by atoms with Gasteiger partial charge in [0.1, 0.15) is 12.3 Å². The van der Waals surface area contributed by atoms with E-state index in [1.165, 1.54) is 10.2 Å². The van der Waals surface area contributed by atoms with Crippen LogP contribution >= 0.6 is 0 Å². The topological polar surface area (TPSA) is 108 Å². The molecule has 3 N–H and O–H groups in total. The van der Waals surface area contributed by atoms with E-state index in [0.717, 1.165) is 30.8 Å². The summed E-state index contributed by atoms with van der Waals surface area (Å²) in [6.07, 6.45) is 2.04. The van der Waals surface area contributed by atoms with Crippen molar-refractivity contribution in [1.29, 1.82) is 0 Å². The summed E-state index contributed by atoms with van der Waals surface area (Å²) in [5.41, 5.74) is 7.74. The van der Waals surface area contributed by atoms with E-state index in [1.54, 1.807) is 0 Å². The lowest BCUT2D eigenvalue weighted by atomic mass is 10.0. The molecule has 0 radical (unpaired) electrons. The van der Waals surface area contributed by atoms with E-state index in [1.807, 2.05) is 12.1 Å². The summed E-state index contributed by atoms with van der Waals surface area (Å²) in [5, 5.41) is 13.3. The third-order valence-corrected chi connectivity index (χ3v) is 3.32. The number of amides is 1. The molecule has 0 atom stereocenters. The minimum absolute atomic E-state index is 0.00683. The normalized spacial score (nSPS) is 13.3. The van der Waals surface area contributed by atoms with Crippen molar-refractivity contribution < 1.29 is 9.53 Å². The molecule has 2 aromatic rings. The van der Waals surface area contributed by atoms with Crippen molar-refractivity contribution in [2.45, 2.75) is 25.9 Å². The van der Waals surface area contributed by atoms with Gasteiger partial charge in [-0.3, -0.25) is 4.79 Å². The summed E-state index contributed by atoms with van der Waals surface area (Å²) < 4.78 is 6.81. The largest absolute Gasteiger partial charge is 0.493 e. The molecule has 0 spiro atoms. The standard InChI is InChI=1S/C13H16N6O2/c14-13-16-17-18-19(13)8-12(20)15-7-9-3-4-11-10(6-9)2-1-5-21-11/h3-4,6H,1-2,5,7-8H2,(H,15,20)(H2,14,16,18). The van der Waals surface area contributed by atoms with Gasteiger partial charge >= 0.3 is 0 Å². The Morgan fingerprint density at radius 2 is 2.38 bits per heavy atom. The van der Waals surface area contributed by atoms with E-state index in [0.29, 0.717) is 6.54 Å². The number of carbonyl (C=O) groups excluding carboxylic acids is 1. The molecular formula is C13H16N6O2. The predicted octanol–water partition coefficient (Wildman–Crippen LogP) is -0.103. The van der Waals surface area contributed by atoms with Gasteiger partial charge in [0.05, 0.1) is 6.61 Å². The maximum atomic E-state index is 11.8. The molecule has 1 aliphatic rings. The fourth-order valence-corrected chi connectivity index (χ4v) is 2.24. The maximum absolute atomic E-state index is 11.8. The smallest absolute Gasteiger partial charge is 0.242 e. The molecule has 0 saturated carbocycles. The molecule has 21 heavy (non-hydrogen) atoms. The summed E-state index contributed by atoms with van der Waals surface area (Å²) in [4.78, 5) is 11.8. The summed E-state index contributed by atoms with van der Waals surface area (Å²) in [5.74, 6) is 0.872. The van der Waals surface area contributed by atoms with Crippen molar-refractivity contribution in [2.24, 2.45) is 0 Å². The van der Waals surface area contributed by atoms with Gasteiger partial charge in [-0.1, -0.05) is 17.2 Å². The van der Waals surface area contributed by atoms with Crippen LogP contribution in [0.25, 0.3) is 0 Å². The number of benzene rings is 1. The third kappa shape index (κ3) is 3.10. The number of nitrogens with zero attached hydrogens (tertiary/aromatic N) is 4. The van der Waals surface area contributed by atoms with Gasteiger partial charge in [0.15, 0.2) is 0 Å². The Morgan fingerprint density at radius 3 is 3.19 bits per heavy atom. The molecule has 1 aromatic carbocycles. The van der Waals surface area contributed by atoms with E-state index in [9.17, 15) is 4.79 Å². The van der Waals surface area contributed by atoms with E-state index >= 15 is 0 Å². The Kier molecular flexibility index (Phi) is 3.67. The molecule has 3 rings (SSSR count). The van der Waals surface area contributed by atoms with Crippen LogP contribution in [-0.4, -0.2) is 32.7 Å². The number of ether oxygens (including phenoxy) is 1. The molecule has 2 heterocycles. The van der Waals surface area contributed by atoms with Crippen molar-refractivity contribution in [1.82, 2.24) is 25.5 Å². The minimum Gasteiger partial charge on any atom is -0.493 e. The Balaban J connectivity index is 1.57. The van der Waals surface area contributed by atoms with Gasteiger partial charge in [0, 0.05) is 6.54 Å². The average Bonchev–Trinajstić information content (AvgIpc) is 2.90. The lowest BCUT2D eigenvalue weighted by Crippen LogP contribution is -2.28. The van der Waals surface area contributed by atoms with Crippen LogP contribution in [0.5, 0.6) is 5.75 Å². The SMILES string of the molecule is Nc1nnnn1CC(=O)NCc1ccc2c(c1)CCCO2. The molecule has 1 aromatic heterocycles. The van der Waals surface area contributed by atoms with Crippen LogP contribution < -0.4 is 15.8 Å². The number of fused-ring (bicyclic) bond motifs is 1. The first-order valence-electron chi connectivity index (χ1n) is 6.75. The number of aromatic nitrogens is 4. The number of nitrogens with two attached hydrogens (primary N) is 1. The Hall–Kier alpha value is -2.64. The zero-order valence-corrected chi connectivity index (χ0v) is 11.5. The Morgan fingerprint density at radius 1 is 1.48 bits per heavy atom. The molecule has 8 nitrogen and oxygen atoms in total. The highest BCUT2D eigenvalue weighted by Gasteiger charge is 2.11. The molecule has 0 fully saturated rings. The first-order chi connectivity index (χ1) is 10.2. The number of aryl methyl sites for hydroxylation is 1. The lowest BCUT2D eigenvalue weighted by Gasteiger charge is -2.18. The van der Waals surface area contributed by atoms with Gasteiger partial charge < -0.3 is 15.8 Å². The van der Waals surface area contributed by atoms with E-state index < -0.39 is 0 Å². The number of anilines is 1. The minimum atomic E-state index is -0.192. The van der Waals surface area contributed by atoms with Gasteiger partial charge in [-0.25, -0.2) is 4.68 Å². The van der Waals surface area contributed by atoms with Crippen LogP contribution in [-0.2, 0) is 24.3 Å². The van der Waals surface area contributed by atoms with Crippen molar-refractivity contribution in [3.05, 3.63) is 29.3 Å². The highest BCUT2D eigenvalue weighted by atomic mass is 16.5. The van der Waals surface area contributed by atoms with E-state index in [4.69, 9.17) is 10.5 Å². The van der Waals surface area contributed by atoms with Gasteiger partial charge in [-0.05, 0) is 40.5 Å². The molecule has 1 amide bonds. The number of hydrogen-bond donors (Lipinski definition) is 2. The molecular weight excluding hydrogens is 272 g/mol. The molecule has 0 aliphatic carbocycles. The first kappa shape index (κ1) is 13.3. The molecule has 0 unspecified atom stereocenters. The Labute approximate surface area is 121 Å². The van der Waals surface area contributed by atoms with Crippen LogP contribution in [0.2, 0.25) is 0 Å². The van der Waals surface area contributed by atoms with Gasteiger partial charge in [0.25, 0.3) is 0 Å². The number of tetrazole rings is 1. The van der Waals surface area contributed by atoms with Gasteiger partial charge in [-0.2, -0.15) is 0 Å². The Bertz CT molecular complexity index is 654. The van der Waals surface area contributed by atoms with Gasteiger partial charge in [0.2, 0.25) is 11.9 Å². The fraction of sp³-hybridized carbons (Fsp3) is 0.385. The van der Waals surface area contributed by atoms with Crippen molar-refractivity contribution >= 4 is 11.9 Å². The summed E-state index contributed by atoms with van der Waals surface area (Å²) in [6, 6.07) is 5.98. The number of nitrogen functional groups attached to an aromatic ring is 1. The van der Waals surface area contributed by atoms with Gasteiger partial charge in [-0.15, -0.1) is 0 Å². The first-order valence-corrected chi connectivity index (χ1v) is 6.75. The zero-order chi connectivity index (χ0) is 14.7. The summed E-state index contributed by atoms with van der Waals surface area (Å²) in [6.45, 7) is 1.23. The fourth-order valence-electron chi connectivity index (χ4n) is 2.24. The number of nitrogens with one attached hydrogen (secondary N) is 1. The zero-order valence-electron chi connectivity index (χ0n) is 11.5. The summed E-state index contributed by atoms with van der Waals surface area (Å²) in [7, 11) is 0. The molecule has 0 saturated heterocycles. The molecule has 0 bridgehead atoms. The number of carbonyl (C=O) groups is 1. The molecule has 8 heteroatoms. The molecule has 110 valence electrons. The summed E-state index contributed by atoms with van der Waals surface area (Å²) >= 11 is 0.